The van der Waals surface area contributed by atoms with Gasteiger partial charge in [-0.1, -0.05) is 48.5 Å². The molecule has 0 atom stereocenters. The molecule has 0 radical (unpaired) electrons. The van der Waals surface area contributed by atoms with Crippen LogP contribution < -0.4 is 10.5 Å². The second-order valence-corrected chi connectivity index (χ2v) is 11.5. The normalized spacial score (nSPS) is 11.7. The van der Waals surface area contributed by atoms with Crippen LogP contribution in [0, 0.1) is 11.3 Å². The molecule has 4 N–H and O–H groups in total. The maximum absolute atomic E-state index is 13.2. The molecule has 0 saturated carbocycles. The lowest BCUT2D eigenvalue weighted by atomic mass is 9.98. The van der Waals surface area contributed by atoms with E-state index >= 15 is 0 Å². The van der Waals surface area contributed by atoms with E-state index in [2.05, 4.69) is 20.8 Å². The molecule has 0 saturated heterocycles. The van der Waals surface area contributed by atoms with E-state index < -0.39 is 25.0 Å². The molecule has 12 heteroatoms. The van der Waals surface area contributed by atoms with Gasteiger partial charge in [-0.25, -0.2) is 18.4 Å². The predicted octanol–water partition coefficient (Wildman–Crippen LogP) is 4.47. The minimum Gasteiger partial charge on any atom is -0.399 e. The number of nitriles is 1. The highest BCUT2D eigenvalue weighted by atomic mass is 32.2. The summed E-state index contributed by atoms with van der Waals surface area (Å²) in [4.78, 5) is 8.57. The van der Waals surface area contributed by atoms with Gasteiger partial charge in [-0.05, 0) is 48.0 Å². The zero-order chi connectivity index (χ0) is 27.8. The average molecular weight is 558 g/mol. The fourth-order valence-electron chi connectivity index (χ4n) is 4.00. The van der Waals surface area contributed by atoms with Gasteiger partial charge in [0.1, 0.15) is 17.3 Å². The highest BCUT2D eigenvalue weighted by molar-refractivity contribution is 7.92. The van der Waals surface area contributed by atoms with E-state index in [0.29, 0.717) is 11.3 Å². The molecule has 1 aromatic heterocycles. The van der Waals surface area contributed by atoms with Crippen LogP contribution in [-0.4, -0.2) is 31.4 Å². The Morgan fingerprint density at radius 1 is 0.795 bits per heavy atom. The lowest BCUT2D eigenvalue weighted by molar-refractivity contribution is 0.483. The summed E-state index contributed by atoms with van der Waals surface area (Å²) in [5.41, 5.74) is 8.12. The summed E-state index contributed by atoms with van der Waals surface area (Å²) in [5.74, 6) is -0.205. The van der Waals surface area contributed by atoms with Crippen LogP contribution in [-0.2, 0) is 20.1 Å². The fraction of sp³-hybridized carbons (Fsp3) is 0. The first-order chi connectivity index (χ1) is 18.6. The van der Waals surface area contributed by atoms with Crippen LogP contribution in [0.25, 0.3) is 33.4 Å². The Balaban J connectivity index is 1.77. The third kappa shape index (κ3) is 5.14. The first-order valence-corrected chi connectivity index (χ1v) is 14.3. The topological polar surface area (TPSA) is 176 Å². The summed E-state index contributed by atoms with van der Waals surface area (Å²) in [5, 5.41) is 10.1. The van der Waals surface area contributed by atoms with Crippen LogP contribution in [0.1, 0.15) is 5.56 Å². The molecule has 0 amide bonds. The van der Waals surface area contributed by atoms with Crippen molar-refractivity contribution in [1.82, 2.24) is 9.97 Å². The minimum absolute atomic E-state index is 0.0475. The lowest BCUT2D eigenvalue weighted by Gasteiger charge is -2.15. The average Bonchev–Trinajstić information content (AvgIpc) is 2.92. The van der Waals surface area contributed by atoms with Gasteiger partial charge in [0.2, 0.25) is 0 Å². The van der Waals surface area contributed by atoms with Crippen molar-refractivity contribution in [2.24, 2.45) is 0 Å². The highest BCUT2D eigenvalue weighted by Gasteiger charge is 2.22. The van der Waals surface area contributed by atoms with Crippen molar-refractivity contribution in [3.8, 4) is 28.5 Å². The number of nitrogens with two attached hydrogens (primary N) is 1. The van der Waals surface area contributed by atoms with Crippen LogP contribution in [0.5, 0.6) is 0 Å². The number of hydrogen-bond acceptors (Lipinski definition) is 8. The van der Waals surface area contributed by atoms with E-state index in [-0.39, 0.29) is 38.6 Å². The first kappa shape index (κ1) is 25.8. The molecule has 194 valence electrons. The van der Waals surface area contributed by atoms with E-state index in [1.807, 2.05) is 30.3 Å². The van der Waals surface area contributed by atoms with Gasteiger partial charge in [0.15, 0.2) is 5.82 Å². The number of aromatic nitrogens is 2. The fourth-order valence-corrected chi connectivity index (χ4v) is 5.54. The van der Waals surface area contributed by atoms with E-state index in [9.17, 15) is 26.7 Å². The first-order valence-electron chi connectivity index (χ1n) is 11.3. The molecule has 4 aromatic carbocycles. The Kier molecular flexibility index (Phi) is 6.49. The lowest BCUT2D eigenvalue weighted by Crippen LogP contribution is -2.15. The number of benzene rings is 4. The Morgan fingerprint density at radius 2 is 1.49 bits per heavy atom. The molecule has 0 fully saturated rings. The number of hydrogen-bond donors (Lipinski definition) is 3. The van der Waals surface area contributed by atoms with Crippen LogP contribution in [0.4, 0.5) is 11.5 Å². The molecule has 5 aromatic rings. The Labute approximate surface area is 224 Å². The molecule has 5 rings (SSSR count). The maximum atomic E-state index is 13.2. The van der Waals surface area contributed by atoms with Gasteiger partial charge in [-0.2, -0.15) is 13.7 Å². The van der Waals surface area contributed by atoms with Crippen molar-refractivity contribution < 1.29 is 21.4 Å². The second kappa shape index (κ2) is 9.80. The highest BCUT2D eigenvalue weighted by Crippen LogP contribution is 2.34. The monoisotopic (exact) mass is 557 g/mol. The number of anilines is 2. The summed E-state index contributed by atoms with van der Waals surface area (Å²) in [6.07, 6.45) is 0. The van der Waals surface area contributed by atoms with Crippen LogP contribution in [0.2, 0.25) is 0 Å². The van der Waals surface area contributed by atoms with E-state index in [4.69, 9.17) is 5.73 Å². The standard InChI is InChI=1S/C27H19N5O5S2/c28-16-23-22(17-5-2-1-3-6-17)13-14-24-26(23)31-25(18-7-4-8-21(15-18)39(35,36)37)27(30-24)32-38(33,34)20-11-9-19(29)10-12-20/h1-15H,29H2,(H,30,32)(H,35,36,37). The van der Waals surface area contributed by atoms with Gasteiger partial charge in [0.25, 0.3) is 20.1 Å². The predicted molar refractivity (Wildman–Crippen MR) is 147 cm³/mol. The van der Waals surface area contributed by atoms with E-state index in [1.54, 1.807) is 12.1 Å². The molecular formula is C27H19N5O5S2. The van der Waals surface area contributed by atoms with Gasteiger partial charge in [0.05, 0.1) is 20.9 Å². The largest absolute Gasteiger partial charge is 0.399 e. The van der Waals surface area contributed by atoms with E-state index in [1.165, 1.54) is 42.5 Å². The number of nitrogen functional groups attached to an aromatic ring is 1. The molecule has 0 aliphatic carbocycles. The molecular weight excluding hydrogens is 538 g/mol. The van der Waals surface area contributed by atoms with Crippen molar-refractivity contribution in [3.63, 3.8) is 0 Å². The maximum Gasteiger partial charge on any atom is 0.294 e. The van der Waals surface area contributed by atoms with Gasteiger partial charge in [-0.15, -0.1) is 0 Å². The second-order valence-electron chi connectivity index (χ2n) is 8.43. The van der Waals surface area contributed by atoms with Gasteiger partial charge < -0.3 is 5.73 Å². The van der Waals surface area contributed by atoms with Crippen molar-refractivity contribution >= 4 is 42.7 Å². The third-order valence-electron chi connectivity index (χ3n) is 5.86. The number of fused-ring (bicyclic) bond motifs is 1. The molecule has 0 aliphatic heterocycles. The van der Waals surface area contributed by atoms with Crippen molar-refractivity contribution in [2.75, 3.05) is 10.5 Å². The molecule has 0 spiro atoms. The Bertz CT molecular complexity index is 1990. The summed E-state index contributed by atoms with van der Waals surface area (Å²) in [6, 6.07) is 25.3. The van der Waals surface area contributed by atoms with Gasteiger partial charge >= 0.3 is 0 Å². The molecule has 0 aliphatic rings. The quantitative estimate of drug-likeness (QED) is 0.201. The Hall–Kier alpha value is -4.83. The third-order valence-corrected chi connectivity index (χ3v) is 8.06. The number of nitrogens with zero attached hydrogens (tertiary/aromatic N) is 3. The zero-order valence-corrected chi connectivity index (χ0v) is 21.6. The molecule has 10 nitrogen and oxygen atoms in total. The SMILES string of the molecule is N#Cc1c(-c2ccccc2)ccc2nc(NS(=O)(=O)c3ccc(N)cc3)c(-c3cccc(S(=O)(=O)O)c3)nc12. The summed E-state index contributed by atoms with van der Waals surface area (Å²) in [6.45, 7) is 0. The summed E-state index contributed by atoms with van der Waals surface area (Å²) in [7, 11) is -8.75. The Morgan fingerprint density at radius 3 is 2.15 bits per heavy atom. The van der Waals surface area contributed by atoms with Crippen LogP contribution >= 0.6 is 0 Å². The van der Waals surface area contributed by atoms with Crippen molar-refractivity contribution in [3.05, 3.63) is 96.6 Å². The van der Waals surface area contributed by atoms with Gasteiger partial charge in [-0.3, -0.25) is 9.27 Å². The summed E-state index contributed by atoms with van der Waals surface area (Å²) < 4.78 is 62.0. The van der Waals surface area contributed by atoms with Crippen molar-refractivity contribution in [1.29, 1.82) is 5.26 Å². The van der Waals surface area contributed by atoms with Crippen LogP contribution in [0.15, 0.2) is 101 Å². The number of sulfonamides is 1. The van der Waals surface area contributed by atoms with E-state index in [0.717, 1.165) is 11.6 Å². The minimum atomic E-state index is -4.58. The summed E-state index contributed by atoms with van der Waals surface area (Å²) >= 11 is 0. The number of nitrogens with one attached hydrogen (secondary N) is 1. The molecule has 0 bridgehead atoms. The smallest absolute Gasteiger partial charge is 0.294 e. The number of rotatable bonds is 6. The molecule has 1 heterocycles. The van der Waals surface area contributed by atoms with Crippen molar-refractivity contribution in [2.45, 2.75) is 9.79 Å². The van der Waals surface area contributed by atoms with Gasteiger partial charge in [0, 0.05) is 16.8 Å². The zero-order valence-electron chi connectivity index (χ0n) is 20.0. The molecule has 39 heavy (non-hydrogen) atoms. The molecule has 0 unspecified atom stereocenters. The van der Waals surface area contributed by atoms with Crippen LogP contribution in [0.3, 0.4) is 0 Å².